The fourth-order valence-electron chi connectivity index (χ4n) is 1.24. The van der Waals surface area contributed by atoms with Gasteiger partial charge in [0, 0.05) is 10.8 Å². The number of nitrogens with one attached hydrogen (secondary N) is 1. The molecule has 1 amide bonds. The predicted molar refractivity (Wildman–Crippen MR) is 73.2 cm³/mol. The van der Waals surface area contributed by atoms with Crippen LogP contribution in [0.3, 0.4) is 0 Å². The molecule has 0 saturated heterocycles. The number of amides is 1. The minimum Gasteiger partial charge on any atom is -0.480 e. The molecule has 104 valence electrons. The Labute approximate surface area is 119 Å². The molecule has 1 unspecified atom stereocenters. The van der Waals surface area contributed by atoms with Gasteiger partial charge in [-0.3, -0.25) is 4.79 Å². The third-order valence-electron chi connectivity index (χ3n) is 2.20. The van der Waals surface area contributed by atoms with Crippen molar-refractivity contribution in [2.45, 2.75) is 11.8 Å². The number of hydrogen-bond donors (Lipinski definition) is 2. The van der Waals surface area contributed by atoms with E-state index < -0.39 is 24.6 Å². The second kappa shape index (κ2) is 8.01. The quantitative estimate of drug-likeness (QED) is 0.810. The number of rotatable bonds is 7. The number of halogens is 2. The third kappa shape index (κ3) is 5.94. The highest BCUT2D eigenvalue weighted by Crippen LogP contribution is 2.15. The van der Waals surface area contributed by atoms with Crippen LogP contribution in [-0.4, -0.2) is 35.5 Å². The standard InChI is InChI=1S/C12H13ClFNO3S/c13-9-3-1-8(2-4-9)6-19-7-11(16)15-10(5-14)12(17)18/h1-4,10H,5-7H2,(H,15,16)(H,17,18). The fourth-order valence-corrected chi connectivity index (χ4v) is 2.17. The summed E-state index contributed by atoms with van der Waals surface area (Å²) in [6.07, 6.45) is 0. The maximum absolute atomic E-state index is 12.3. The summed E-state index contributed by atoms with van der Waals surface area (Å²) in [6, 6.07) is 5.72. The lowest BCUT2D eigenvalue weighted by Crippen LogP contribution is -2.43. The summed E-state index contributed by atoms with van der Waals surface area (Å²) in [4.78, 5) is 21.9. The van der Waals surface area contributed by atoms with Gasteiger partial charge >= 0.3 is 5.97 Å². The van der Waals surface area contributed by atoms with Crippen LogP contribution in [0, 0.1) is 0 Å². The van der Waals surface area contributed by atoms with E-state index in [4.69, 9.17) is 16.7 Å². The Balaban J connectivity index is 2.30. The molecule has 0 aliphatic heterocycles. The molecule has 0 radical (unpaired) electrons. The number of carboxylic acids is 1. The number of carbonyl (C=O) groups excluding carboxylic acids is 1. The minimum atomic E-state index is -1.47. The zero-order valence-electron chi connectivity index (χ0n) is 9.94. The lowest BCUT2D eigenvalue weighted by atomic mass is 10.2. The molecule has 1 aromatic carbocycles. The van der Waals surface area contributed by atoms with Crippen molar-refractivity contribution in [3.63, 3.8) is 0 Å². The predicted octanol–water partition coefficient (Wildman–Crippen LogP) is 2.11. The number of carboxylic acid groups (broad SMARTS) is 1. The van der Waals surface area contributed by atoms with Crippen molar-refractivity contribution in [3.8, 4) is 0 Å². The normalized spacial score (nSPS) is 11.9. The van der Waals surface area contributed by atoms with Crippen LogP contribution in [-0.2, 0) is 15.3 Å². The highest BCUT2D eigenvalue weighted by Gasteiger charge is 2.19. The first kappa shape index (κ1) is 15.8. The number of thioether (sulfide) groups is 1. The summed E-state index contributed by atoms with van der Waals surface area (Å²) in [5.74, 6) is -1.20. The lowest BCUT2D eigenvalue weighted by Gasteiger charge is -2.10. The highest BCUT2D eigenvalue weighted by molar-refractivity contribution is 7.99. The van der Waals surface area contributed by atoms with Gasteiger partial charge in [0.15, 0.2) is 6.04 Å². The van der Waals surface area contributed by atoms with Crippen LogP contribution in [0.5, 0.6) is 0 Å². The van der Waals surface area contributed by atoms with E-state index in [9.17, 15) is 14.0 Å². The molecule has 2 N–H and O–H groups in total. The summed E-state index contributed by atoms with van der Waals surface area (Å²) < 4.78 is 12.3. The van der Waals surface area contributed by atoms with E-state index >= 15 is 0 Å². The zero-order valence-corrected chi connectivity index (χ0v) is 11.5. The van der Waals surface area contributed by atoms with E-state index in [1.165, 1.54) is 11.8 Å². The van der Waals surface area contributed by atoms with Crippen LogP contribution in [0.2, 0.25) is 5.02 Å². The second-order valence-corrected chi connectivity index (χ2v) is 5.15. The van der Waals surface area contributed by atoms with Crippen LogP contribution in [0.15, 0.2) is 24.3 Å². The molecule has 1 aromatic rings. The molecule has 0 fully saturated rings. The first-order chi connectivity index (χ1) is 9.02. The van der Waals surface area contributed by atoms with Crippen LogP contribution in [0.25, 0.3) is 0 Å². The molecule has 19 heavy (non-hydrogen) atoms. The van der Waals surface area contributed by atoms with E-state index in [-0.39, 0.29) is 5.75 Å². The van der Waals surface area contributed by atoms with Crippen molar-refractivity contribution < 1.29 is 19.1 Å². The largest absolute Gasteiger partial charge is 0.480 e. The van der Waals surface area contributed by atoms with Crippen molar-refractivity contribution in [2.24, 2.45) is 0 Å². The number of carbonyl (C=O) groups is 2. The Bertz CT molecular complexity index is 441. The number of aliphatic carboxylic acids is 1. The van der Waals surface area contributed by atoms with E-state index in [1.54, 1.807) is 12.1 Å². The Morgan fingerprint density at radius 2 is 2.00 bits per heavy atom. The van der Waals surface area contributed by atoms with Gasteiger partial charge in [-0.25, -0.2) is 9.18 Å². The topological polar surface area (TPSA) is 66.4 Å². The van der Waals surface area contributed by atoms with Crippen molar-refractivity contribution in [2.75, 3.05) is 12.4 Å². The van der Waals surface area contributed by atoms with Gasteiger partial charge in [0.05, 0.1) is 5.75 Å². The number of benzene rings is 1. The SMILES string of the molecule is O=C(CSCc1ccc(Cl)cc1)NC(CF)C(=O)O. The molecule has 7 heteroatoms. The maximum atomic E-state index is 12.3. The van der Waals surface area contributed by atoms with Crippen LogP contribution < -0.4 is 5.32 Å². The lowest BCUT2D eigenvalue weighted by molar-refractivity contribution is -0.141. The smallest absolute Gasteiger partial charge is 0.328 e. The Hall–Kier alpha value is -1.27. The zero-order chi connectivity index (χ0) is 14.3. The molecule has 1 rings (SSSR count). The van der Waals surface area contributed by atoms with Gasteiger partial charge in [0.2, 0.25) is 5.91 Å². The molecular weight excluding hydrogens is 293 g/mol. The van der Waals surface area contributed by atoms with Gasteiger partial charge in [-0.1, -0.05) is 23.7 Å². The van der Waals surface area contributed by atoms with Gasteiger partial charge in [-0.15, -0.1) is 11.8 Å². The molecular formula is C12H13ClFNO3S. The van der Waals surface area contributed by atoms with Crippen molar-refractivity contribution in [1.82, 2.24) is 5.32 Å². The number of hydrogen-bond acceptors (Lipinski definition) is 3. The Kier molecular flexibility index (Phi) is 6.66. The summed E-state index contributed by atoms with van der Waals surface area (Å²) in [7, 11) is 0. The van der Waals surface area contributed by atoms with Crippen molar-refractivity contribution >= 4 is 35.2 Å². The van der Waals surface area contributed by atoms with Gasteiger partial charge in [-0.2, -0.15) is 0 Å². The average Bonchev–Trinajstić information content (AvgIpc) is 2.38. The van der Waals surface area contributed by atoms with Crippen LogP contribution >= 0.6 is 23.4 Å². The molecule has 0 aliphatic carbocycles. The van der Waals surface area contributed by atoms with Gasteiger partial charge < -0.3 is 10.4 Å². The Morgan fingerprint density at radius 3 is 2.53 bits per heavy atom. The third-order valence-corrected chi connectivity index (χ3v) is 3.46. The molecule has 0 aliphatic rings. The first-order valence-corrected chi connectivity index (χ1v) is 6.96. The highest BCUT2D eigenvalue weighted by atomic mass is 35.5. The second-order valence-electron chi connectivity index (χ2n) is 3.73. The summed E-state index contributed by atoms with van der Waals surface area (Å²) in [5.41, 5.74) is 1.00. The van der Waals surface area contributed by atoms with Crippen LogP contribution in [0.1, 0.15) is 5.56 Å². The van der Waals surface area contributed by atoms with Gasteiger partial charge in [-0.05, 0) is 17.7 Å². The average molecular weight is 306 g/mol. The molecule has 0 heterocycles. The molecule has 1 atom stereocenters. The van der Waals surface area contributed by atoms with E-state index in [1.807, 2.05) is 12.1 Å². The molecule has 0 spiro atoms. The molecule has 0 aromatic heterocycles. The summed E-state index contributed by atoms with van der Waals surface area (Å²) in [6.45, 7) is -1.12. The maximum Gasteiger partial charge on any atom is 0.328 e. The van der Waals surface area contributed by atoms with Crippen molar-refractivity contribution in [1.29, 1.82) is 0 Å². The summed E-state index contributed by atoms with van der Waals surface area (Å²) in [5, 5.41) is 11.3. The van der Waals surface area contributed by atoms with Crippen molar-refractivity contribution in [3.05, 3.63) is 34.9 Å². The fraction of sp³-hybridized carbons (Fsp3) is 0.333. The number of alkyl halides is 1. The Morgan fingerprint density at radius 1 is 1.37 bits per heavy atom. The van der Waals surface area contributed by atoms with Gasteiger partial charge in [0.25, 0.3) is 0 Å². The van der Waals surface area contributed by atoms with E-state index in [0.717, 1.165) is 5.56 Å². The van der Waals surface area contributed by atoms with E-state index in [2.05, 4.69) is 5.32 Å². The minimum absolute atomic E-state index is 0.0758. The van der Waals surface area contributed by atoms with E-state index in [0.29, 0.717) is 10.8 Å². The molecule has 0 bridgehead atoms. The monoisotopic (exact) mass is 305 g/mol. The van der Waals surface area contributed by atoms with Gasteiger partial charge in [0.1, 0.15) is 6.67 Å². The van der Waals surface area contributed by atoms with Crippen LogP contribution in [0.4, 0.5) is 4.39 Å². The first-order valence-electron chi connectivity index (χ1n) is 5.43. The molecule has 0 saturated carbocycles. The summed E-state index contributed by atoms with van der Waals surface area (Å²) >= 11 is 7.05. The molecule has 4 nitrogen and oxygen atoms in total.